The van der Waals surface area contributed by atoms with Gasteiger partial charge in [0.2, 0.25) is 0 Å². The highest BCUT2D eigenvalue weighted by Crippen LogP contribution is 2.34. The van der Waals surface area contributed by atoms with Gasteiger partial charge in [-0.1, -0.05) is 39.1 Å². The standard InChI is InChI=1S/C15H13Br2Cl2NO/c1-8-3-13(19)14(6-12(8)18)20-7-9-4-10(16)5-11(17)15(9)21-2/h3-6,20H,7H2,1-2H3. The molecule has 0 saturated carbocycles. The fourth-order valence-electron chi connectivity index (χ4n) is 1.95. The maximum atomic E-state index is 6.23. The Morgan fingerprint density at radius 2 is 1.81 bits per heavy atom. The van der Waals surface area contributed by atoms with Gasteiger partial charge in [0.25, 0.3) is 0 Å². The smallest absolute Gasteiger partial charge is 0.138 e. The van der Waals surface area contributed by atoms with Crippen LogP contribution in [-0.4, -0.2) is 7.11 Å². The third-order valence-corrected chi connectivity index (χ3v) is 4.77. The Labute approximate surface area is 151 Å². The molecule has 2 aromatic rings. The van der Waals surface area contributed by atoms with Crippen molar-refractivity contribution in [3.8, 4) is 5.75 Å². The summed E-state index contributed by atoms with van der Waals surface area (Å²) in [5.41, 5.74) is 2.76. The van der Waals surface area contributed by atoms with Gasteiger partial charge in [-0.25, -0.2) is 0 Å². The molecular weight excluding hydrogens is 441 g/mol. The number of methoxy groups -OCH3 is 1. The molecule has 0 unspecified atom stereocenters. The summed E-state index contributed by atoms with van der Waals surface area (Å²) in [6.07, 6.45) is 0. The van der Waals surface area contributed by atoms with Gasteiger partial charge in [0, 0.05) is 21.6 Å². The first-order valence-corrected chi connectivity index (χ1v) is 8.48. The van der Waals surface area contributed by atoms with E-state index < -0.39 is 0 Å². The number of rotatable bonds is 4. The molecule has 0 amide bonds. The van der Waals surface area contributed by atoms with Crippen molar-refractivity contribution in [1.29, 1.82) is 0 Å². The number of hydrogen-bond acceptors (Lipinski definition) is 2. The van der Waals surface area contributed by atoms with E-state index in [1.165, 1.54) is 0 Å². The first-order chi connectivity index (χ1) is 9.92. The number of ether oxygens (including phenoxy) is 1. The van der Waals surface area contributed by atoms with Crippen molar-refractivity contribution in [3.63, 3.8) is 0 Å². The van der Waals surface area contributed by atoms with Gasteiger partial charge < -0.3 is 10.1 Å². The topological polar surface area (TPSA) is 21.3 Å². The maximum absolute atomic E-state index is 6.23. The van der Waals surface area contributed by atoms with Crippen molar-refractivity contribution in [2.45, 2.75) is 13.5 Å². The number of aryl methyl sites for hydroxylation is 1. The number of anilines is 1. The average Bonchev–Trinajstić information content (AvgIpc) is 2.41. The molecule has 0 radical (unpaired) electrons. The van der Waals surface area contributed by atoms with Gasteiger partial charge in [0.05, 0.1) is 22.3 Å². The van der Waals surface area contributed by atoms with Gasteiger partial charge in [-0.15, -0.1) is 0 Å². The molecule has 0 fully saturated rings. The number of halogens is 4. The molecule has 2 rings (SSSR count). The van der Waals surface area contributed by atoms with Crippen LogP contribution in [0.25, 0.3) is 0 Å². The van der Waals surface area contributed by atoms with Gasteiger partial charge in [-0.3, -0.25) is 0 Å². The minimum absolute atomic E-state index is 0.570. The molecule has 0 atom stereocenters. The summed E-state index contributed by atoms with van der Waals surface area (Å²) in [7, 11) is 1.65. The monoisotopic (exact) mass is 451 g/mol. The molecule has 0 saturated heterocycles. The fourth-order valence-corrected chi connectivity index (χ4v) is 3.87. The molecule has 0 aromatic heterocycles. The minimum Gasteiger partial charge on any atom is -0.495 e. The van der Waals surface area contributed by atoms with Gasteiger partial charge in [-0.05, 0) is 52.7 Å². The summed E-state index contributed by atoms with van der Waals surface area (Å²) < 4.78 is 7.29. The van der Waals surface area contributed by atoms with Gasteiger partial charge >= 0.3 is 0 Å². The molecule has 6 heteroatoms. The van der Waals surface area contributed by atoms with Crippen LogP contribution in [0, 0.1) is 6.92 Å². The molecule has 0 aliphatic rings. The van der Waals surface area contributed by atoms with Crippen LogP contribution >= 0.6 is 55.1 Å². The largest absolute Gasteiger partial charge is 0.495 e. The Morgan fingerprint density at radius 3 is 2.48 bits per heavy atom. The number of hydrogen-bond donors (Lipinski definition) is 1. The quantitative estimate of drug-likeness (QED) is 0.574. The first-order valence-electron chi connectivity index (χ1n) is 6.13. The van der Waals surface area contributed by atoms with E-state index in [1.807, 2.05) is 31.2 Å². The highest BCUT2D eigenvalue weighted by Gasteiger charge is 2.10. The van der Waals surface area contributed by atoms with E-state index in [1.54, 1.807) is 7.11 Å². The number of nitrogens with one attached hydrogen (secondary N) is 1. The Kier molecular flexibility index (Phi) is 5.83. The van der Waals surface area contributed by atoms with E-state index in [2.05, 4.69) is 37.2 Å². The summed E-state index contributed by atoms with van der Waals surface area (Å²) in [5.74, 6) is 0.792. The van der Waals surface area contributed by atoms with Gasteiger partial charge in [0.1, 0.15) is 5.75 Å². The molecule has 0 bridgehead atoms. The highest BCUT2D eigenvalue weighted by molar-refractivity contribution is 9.11. The van der Waals surface area contributed by atoms with Crippen LogP contribution in [-0.2, 0) is 6.54 Å². The second kappa shape index (κ2) is 7.23. The van der Waals surface area contributed by atoms with Crippen LogP contribution < -0.4 is 10.1 Å². The van der Waals surface area contributed by atoms with Crippen molar-refractivity contribution in [2.75, 3.05) is 12.4 Å². The molecule has 2 aromatic carbocycles. The molecule has 112 valence electrons. The van der Waals surface area contributed by atoms with E-state index in [9.17, 15) is 0 Å². The molecule has 0 aliphatic heterocycles. The summed E-state index contributed by atoms with van der Waals surface area (Å²) in [5, 5.41) is 4.62. The van der Waals surface area contributed by atoms with Crippen molar-refractivity contribution >= 4 is 60.7 Å². The van der Waals surface area contributed by atoms with Crippen LogP contribution in [0.1, 0.15) is 11.1 Å². The van der Waals surface area contributed by atoms with E-state index in [4.69, 9.17) is 27.9 Å². The lowest BCUT2D eigenvalue weighted by molar-refractivity contribution is 0.407. The van der Waals surface area contributed by atoms with Crippen molar-refractivity contribution in [3.05, 3.63) is 54.4 Å². The lowest BCUT2D eigenvalue weighted by Crippen LogP contribution is -2.03. The molecule has 0 spiro atoms. The van der Waals surface area contributed by atoms with Crippen molar-refractivity contribution in [1.82, 2.24) is 0 Å². The van der Waals surface area contributed by atoms with Crippen molar-refractivity contribution in [2.24, 2.45) is 0 Å². The second-order valence-corrected chi connectivity index (χ2v) is 7.10. The minimum atomic E-state index is 0.570. The maximum Gasteiger partial charge on any atom is 0.138 e. The highest BCUT2D eigenvalue weighted by atomic mass is 79.9. The zero-order chi connectivity index (χ0) is 15.6. The van der Waals surface area contributed by atoms with E-state index in [-0.39, 0.29) is 0 Å². The van der Waals surface area contributed by atoms with Crippen LogP contribution in [0.2, 0.25) is 10.0 Å². The molecule has 2 nitrogen and oxygen atoms in total. The number of benzene rings is 2. The van der Waals surface area contributed by atoms with E-state index >= 15 is 0 Å². The molecular formula is C15H13Br2Cl2NO. The predicted octanol–water partition coefficient (Wildman–Crippen LogP) is 6.45. The van der Waals surface area contributed by atoms with Gasteiger partial charge in [-0.2, -0.15) is 0 Å². The molecule has 1 N–H and O–H groups in total. The van der Waals surface area contributed by atoms with Crippen LogP contribution in [0.3, 0.4) is 0 Å². The average molecular weight is 454 g/mol. The summed E-state index contributed by atoms with van der Waals surface area (Å²) in [4.78, 5) is 0. The summed E-state index contributed by atoms with van der Waals surface area (Å²) in [6.45, 7) is 2.49. The fraction of sp³-hybridized carbons (Fsp3) is 0.200. The Balaban J connectivity index is 2.26. The zero-order valence-corrected chi connectivity index (χ0v) is 16.1. The summed E-state index contributed by atoms with van der Waals surface area (Å²) in [6, 6.07) is 7.62. The Morgan fingerprint density at radius 1 is 1.10 bits per heavy atom. The van der Waals surface area contributed by atoms with Crippen molar-refractivity contribution < 1.29 is 4.74 Å². The molecule has 0 heterocycles. The van der Waals surface area contributed by atoms with Crippen LogP contribution in [0.15, 0.2) is 33.2 Å². The SMILES string of the molecule is COc1c(Br)cc(Br)cc1CNc1cc(Cl)c(C)cc1Cl. The third-order valence-electron chi connectivity index (χ3n) is 3.01. The Hall–Kier alpha value is -0.420. The Bertz CT molecular complexity index is 677. The normalized spacial score (nSPS) is 10.6. The molecule has 0 aliphatic carbocycles. The molecule has 21 heavy (non-hydrogen) atoms. The zero-order valence-electron chi connectivity index (χ0n) is 11.4. The lowest BCUT2D eigenvalue weighted by Gasteiger charge is -2.14. The summed E-state index contributed by atoms with van der Waals surface area (Å²) >= 11 is 19.3. The van der Waals surface area contributed by atoms with Crippen LogP contribution in [0.5, 0.6) is 5.75 Å². The van der Waals surface area contributed by atoms with Gasteiger partial charge in [0.15, 0.2) is 0 Å². The lowest BCUT2D eigenvalue weighted by atomic mass is 10.2. The third kappa shape index (κ3) is 4.07. The first kappa shape index (κ1) is 16.9. The van der Waals surface area contributed by atoms with E-state index in [0.29, 0.717) is 16.6 Å². The van der Waals surface area contributed by atoms with E-state index in [0.717, 1.165) is 31.5 Å². The second-order valence-electron chi connectivity index (χ2n) is 4.51. The predicted molar refractivity (Wildman–Crippen MR) is 96.9 cm³/mol. The van der Waals surface area contributed by atoms with Crippen LogP contribution in [0.4, 0.5) is 5.69 Å².